The standard InChI is InChI=1S/C18H25ClN2O/c1-2-3-6-16(22)21-11-4-5-14-12-13-7-9-20-10-8-15(13)17(19)18(14)21/h12,20H,2-11H2,1H3. The number of nitrogens with one attached hydrogen (secondary N) is 1. The van der Waals surface area contributed by atoms with E-state index >= 15 is 0 Å². The number of hydrogen-bond donors (Lipinski definition) is 1. The van der Waals surface area contributed by atoms with Crippen LogP contribution >= 0.6 is 11.6 Å². The van der Waals surface area contributed by atoms with E-state index in [0.717, 1.165) is 68.9 Å². The van der Waals surface area contributed by atoms with E-state index in [1.807, 2.05) is 4.90 Å². The second-order valence-electron chi connectivity index (χ2n) is 6.34. The van der Waals surface area contributed by atoms with Crippen LogP contribution < -0.4 is 10.2 Å². The van der Waals surface area contributed by atoms with Gasteiger partial charge in [0, 0.05) is 13.0 Å². The fourth-order valence-electron chi connectivity index (χ4n) is 3.58. The SMILES string of the molecule is CCCCC(=O)N1CCCc2cc3c(c(Cl)c21)CCNCC3. The van der Waals surface area contributed by atoms with Gasteiger partial charge in [0.05, 0.1) is 10.7 Å². The first-order valence-electron chi connectivity index (χ1n) is 8.56. The average molecular weight is 321 g/mol. The molecule has 22 heavy (non-hydrogen) atoms. The molecule has 0 aromatic heterocycles. The molecule has 1 aromatic carbocycles. The summed E-state index contributed by atoms with van der Waals surface area (Å²) in [5.41, 5.74) is 4.90. The van der Waals surface area contributed by atoms with Gasteiger partial charge in [-0.2, -0.15) is 0 Å². The monoisotopic (exact) mass is 320 g/mol. The molecule has 0 saturated heterocycles. The number of nitrogens with zero attached hydrogens (tertiary/aromatic N) is 1. The predicted octanol–water partition coefficient (Wildman–Crippen LogP) is 3.50. The number of hydrogen-bond acceptors (Lipinski definition) is 2. The molecule has 0 atom stereocenters. The number of anilines is 1. The first-order chi connectivity index (χ1) is 10.7. The molecule has 2 heterocycles. The summed E-state index contributed by atoms with van der Waals surface area (Å²) in [5, 5.41) is 4.27. The van der Waals surface area contributed by atoms with E-state index < -0.39 is 0 Å². The highest BCUT2D eigenvalue weighted by molar-refractivity contribution is 6.35. The van der Waals surface area contributed by atoms with E-state index in [-0.39, 0.29) is 5.91 Å². The summed E-state index contributed by atoms with van der Waals surface area (Å²) in [4.78, 5) is 14.5. The molecule has 0 saturated carbocycles. The van der Waals surface area contributed by atoms with Crippen LogP contribution in [0.3, 0.4) is 0 Å². The Morgan fingerprint density at radius 1 is 1.27 bits per heavy atom. The van der Waals surface area contributed by atoms with Gasteiger partial charge in [-0.15, -0.1) is 0 Å². The largest absolute Gasteiger partial charge is 0.316 e. The lowest BCUT2D eigenvalue weighted by Crippen LogP contribution is -2.36. The average Bonchev–Trinajstić information content (AvgIpc) is 2.77. The number of aryl methyl sites for hydroxylation is 1. The van der Waals surface area contributed by atoms with Crippen molar-refractivity contribution in [1.29, 1.82) is 0 Å². The van der Waals surface area contributed by atoms with Crippen LogP contribution in [0.25, 0.3) is 0 Å². The normalized spacial score (nSPS) is 17.6. The summed E-state index contributed by atoms with van der Waals surface area (Å²) >= 11 is 6.77. The van der Waals surface area contributed by atoms with Crippen LogP contribution in [0.1, 0.15) is 49.3 Å². The van der Waals surface area contributed by atoms with Gasteiger partial charge in [-0.3, -0.25) is 4.79 Å². The van der Waals surface area contributed by atoms with Crippen molar-refractivity contribution in [1.82, 2.24) is 5.32 Å². The summed E-state index contributed by atoms with van der Waals surface area (Å²) in [6, 6.07) is 2.31. The molecule has 120 valence electrons. The van der Waals surface area contributed by atoms with Gasteiger partial charge in [0.1, 0.15) is 0 Å². The van der Waals surface area contributed by atoms with E-state index in [0.29, 0.717) is 6.42 Å². The van der Waals surface area contributed by atoms with Gasteiger partial charge in [0.15, 0.2) is 0 Å². The fraction of sp³-hybridized carbons (Fsp3) is 0.611. The minimum absolute atomic E-state index is 0.233. The van der Waals surface area contributed by atoms with E-state index in [4.69, 9.17) is 11.6 Å². The van der Waals surface area contributed by atoms with Crippen LogP contribution in [-0.2, 0) is 24.1 Å². The van der Waals surface area contributed by atoms with Gasteiger partial charge in [-0.25, -0.2) is 0 Å². The summed E-state index contributed by atoms with van der Waals surface area (Å²) < 4.78 is 0. The van der Waals surface area contributed by atoms with Crippen molar-refractivity contribution in [2.24, 2.45) is 0 Å². The zero-order valence-corrected chi connectivity index (χ0v) is 14.1. The first kappa shape index (κ1) is 15.8. The van der Waals surface area contributed by atoms with Crippen molar-refractivity contribution in [2.45, 2.75) is 51.9 Å². The van der Waals surface area contributed by atoms with Gasteiger partial charge in [0.2, 0.25) is 5.91 Å². The molecule has 0 fully saturated rings. The molecule has 3 rings (SSSR count). The number of amides is 1. The molecule has 0 unspecified atom stereocenters. The highest BCUT2D eigenvalue weighted by atomic mass is 35.5. The Labute approximate surface area is 138 Å². The summed E-state index contributed by atoms with van der Waals surface area (Å²) in [6.07, 6.45) is 6.70. The Morgan fingerprint density at radius 2 is 2.09 bits per heavy atom. The number of fused-ring (bicyclic) bond motifs is 2. The molecule has 0 radical (unpaired) electrons. The van der Waals surface area contributed by atoms with Crippen LogP contribution in [0.15, 0.2) is 6.07 Å². The third-order valence-corrected chi connectivity index (χ3v) is 5.19. The van der Waals surface area contributed by atoms with Crippen LogP contribution in [0.2, 0.25) is 5.02 Å². The number of benzene rings is 1. The van der Waals surface area contributed by atoms with E-state index in [2.05, 4.69) is 18.3 Å². The molecule has 1 amide bonds. The fourth-order valence-corrected chi connectivity index (χ4v) is 4.02. The number of carbonyl (C=O) groups excluding carboxylic acids is 1. The molecule has 4 heteroatoms. The number of halogens is 1. The number of rotatable bonds is 3. The Bertz CT molecular complexity index is 571. The maximum absolute atomic E-state index is 12.6. The molecule has 2 aliphatic heterocycles. The van der Waals surface area contributed by atoms with Gasteiger partial charge in [-0.05, 0) is 61.9 Å². The molecule has 1 N–H and O–H groups in total. The second-order valence-corrected chi connectivity index (χ2v) is 6.72. The molecular formula is C18H25ClN2O. The topological polar surface area (TPSA) is 32.3 Å². The van der Waals surface area contributed by atoms with Crippen molar-refractivity contribution in [3.05, 3.63) is 27.8 Å². The van der Waals surface area contributed by atoms with Gasteiger partial charge in [0.25, 0.3) is 0 Å². The second kappa shape index (κ2) is 7.01. The summed E-state index contributed by atoms with van der Waals surface area (Å²) in [7, 11) is 0. The molecule has 1 aromatic rings. The van der Waals surface area contributed by atoms with Crippen molar-refractivity contribution >= 4 is 23.2 Å². The zero-order valence-electron chi connectivity index (χ0n) is 13.4. The van der Waals surface area contributed by atoms with Crippen molar-refractivity contribution in [3.63, 3.8) is 0 Å². The molecule has 0 spiro atoms. The summed E-state index contributed by atoms with van der Waals surface area (Å²) in [5.74, 6) is 0.233. The van der Waals surface area contributed by atoms with Crippen LogP contribution in [0.4, 0.5) is 5.69 Å². The van der Waals surface area contributed by atoms with Gasteiger partial charge >= 0.3 is 0 Å². The maximum Gasteiger partial charge on any atom is 0.227 e. The Hall–Kier alpha value is -1.06. The Morgan fingerprint density at radius 3 is 2.91 bits per heavy atom. The number of unbranched alkanes of at least 4 members (excludes halogenated alkanes) is 1. The lowest BCUT2D eigenvalue weighted by atomic mass is 9.93. The first-order valence-corrected chi connectivity index (χ1v) is 8.94. The van der Waals surface area contributed by atoms with Crippen LogP contribution in [-0.4, -0.2) is 25.5 Å². The van der Waals surface area contributed by atoms with E-state index in [1.54, 1.807) is 0 Å². The minimum atomic E-state index is 0.233. The van der Waals surface area contributed by atoms with Gasteiger partial charge < -0.3 is 10.2 Å². The minimum Gasteiger partial charge on any atom is -0.316 e. The quantitative estimate of drug-likeness (QED) is 0.924. The lowest BCUT2D eigenvalue weighted by molar-refractivity contribution is -0.118. The molecule has 2 aliphatic rings. The Kier molecular flexibility index (Phi) is 5.04. The molecule has 0 aliphatic carbocycles. The van der Waals surface area contributed by atoms with Crippen LogP contribution in [0, 0.1) is 0 Å². The van der Waals surface area contributed by atoms with Crippen molar-refractivity contribution in [2.75, 3.05) is 24.5 Å². The predicted molar refractivity (Wildman–Crippen MR) is 91.9 cm³/mol. The smallest absolute Gasteiger partial charge is 0.227 e. The maximum atomic E-state index is 12.6. The summed E-state index contributed by atoms with van der Waals surface area (Å²) in [6.45, 7) is 4.92. The lowest BCUT2D eigenvalue weighted by Gasteiger charge is -2.32. The number of carbonyl (C=O) groups is 1. The van der Waals surface area contributed by atoms with E-state index in [1.165, 1.54) is 16.7 Å². The third-order valence-electron chi connectivity index (χ3n) is 4.78. The van der Waals surface area contributed by atoms with Gasteiger partial charge in [-0.1, -0.05) is 31.0 Å². The van der Waals surface area contributed by atoms with Crippen molar-refractivity contribution < 1.29 is 4.79 Å². The highest BCUT2D eigenvalue weighted by Crippen LogP contribution is 2.39. The molecule has 0 bridgehead atoms. The molecule has 3 nitrogen and oxygen atoms in total. The van der Waals surface area contributed by atoms with Crippen LogP contribution in [0.5, 0.6) is 0 Å². The Balaban J connectivity index is 1.98. The van der Waals surface area contributed by atoms with Crippen molar-refractivity contribution in [3.8, 4) is 0 Å². The zero-order chi connectivity index (χ0) is 15.5. The highest BCUT2D eigenvalue weighted by Gasteiger charge is 2.27. The molecular weight excluding hydrogens is 296 g/mol. The van der Waals surface area contributed by atoms with E-state index in [9.17, 15) is 4.79 Å². The third kappa shape index (κ3) is 3.02.